The zero-order valence-electron chi connectivity index (χ0n) is 11.8. The standard InChI is InChI=1S/C15H13N5OS/c1-22-15-10(5-4-8-17-15)14(21)19-13-11(9-18-20-13)12-6-2-3-7-16-12/h2-9H,1H3,(H2,18,19,20,21). The van der Waals surface area contributed by atoms with Gasteiger partial charge in [0.05, 0.1) is 23.0 Å². The van der Waals surface area contributed by atoms with Crippen LogP contribution in [0.1, 0.15) is 10.4 Å². The molecule has 22 heavy (non-hydrogen) atoms. The van der Waals surface area contributed by atoms with Crippen LogP contribution in [0, 0.1) is 0 Å². The van der Waals surface area contributed by atoms with Crippen LogP contribution in [0.15, 0.2) is 53.9 Å². The molecule has 3 heterocycles. The topological polar surface area (TPSA) is 83.6 Å². The predicted octanol–water partition coefficient (Wildman–Crippen LogP) is 2.84. The first-order valence-corrected chi connectivity index (χ1v) is 7.77. The largest absolute Gasteiger partial charge is 0.306 e. The number of nitrogens with one attached hydrogen (secondary N) is 2. The number of hydrogen-bond donors (Lipinski definition) is 2. The second kappa shape index (κ2) is 6.40. The van der Waals surface area contributed by atoms with E-state index in [2.05, 4.69) is 25.5 Å². The Labute approximate surface area is 131 Å². The van der Waals surface area contributed by atoms with Gasteiger partial charge in [-0.15, -0.1) is 11.8 Å². The van der Waals surface area contributed by atoms with Crippen LogP contribution in [-0.2, 0) is 0 Å². The molecule has 0 aliphatic carbocycles. The lowest BCUT2D eigenvalue weighted by Crippen LogP contribution is -2.14. The Morgan fingerprint density at radius 2 is 2.05 bits per heavy atom. The average Bonchev–Trinajstić information content (AvgIpc) is 3.03. The number of thioether (sulfide) groups is 1. The maximum Gasteiger partial charge on any atom is 0.259 e. The highest BCUT2D eigenvalue weighted by Crippen LogP contribution is 2.25. The minimum atomic E-state index is -0.237. The van der Waals surface area contributed by atoms with E-state index in [1.807, 2.05) is 24.5 Å². The summed E-state index contributed by atoms with van der Waals surface area (Å²) in [4.78, 5) is 20.9. The minimum Gasteiger partial charge on any atom is -0.306 e. The molecule has 0 saturated heterocycles. The number of hydrogen-bond acceptors (Lipinski definition) is 5. The van der Waals surface area contributed by atoms with Crippen molar-refractivity contribution in [2.75, 3.05) is 11.6 Å². The Morgan fingerprint density at radius 1 is 1.18 bits per heavy atom. The normalized spacial score (nSPS) is 10.4. The summed E-state index contributed by atoms with van der Waals surface area (Å²) in [5, 5.41) is 10.3. The van der Waals surface area contributed by atoms with Crippen LogP contribution in [0.5, 0.6) is 0 Å². The number of nitrogens with zero attached hydrogens (tertiary/aromatic N) is 3. The van der Waals surface area contributed by atoms with Gasteiger partial charge in [-0.3, -0.25) is 14.9 Å². The van der Waals surface area contributed by atoms with Gasteiger partial charge in [0.1, 0.15) is 10.8 Å². The third kappa shape index (κ3) is 2.84. The van der Waals surface area contributed by atoms with Gasteiger partial charge in [0.25, 0.3) is 5.91 Å². The first-order valence-electron chi connectivity index (χ1n) is 6.54. The Bertz CT molecular complexity index is 787. The molecule has 7 heteroatoms. The number of aromatic nitrogens is 4. The molecule has 0 unspecified atom stereocenters. The predicted molar refractivity (Wildman–Crippen MR) is 85.8 cm³/mol. The number of amides is 1. The van der Waals surface area contributed by atoms with E-state index in [4.69, 9.17) is 0 Å². The lowest BCUT2D eigenvalue weighted by Gasteiger charge is -2.07. The first-order chi connectivity index (χ1) is 10.8. The molecule has 2 N–H and O–H groups in total. The third-order valence-electron chi connectivity index (χ3n) is 3.03. The van der Waals surface area contributed by atoms with Gasteiger partial charge in [0, 0.05) is 12.4 Å². The fraction of sp³-hybridized carbons (Fsp3) is 0.0667. The van der Waals surface area contributed by atoms with Crippen molar-refractivity contribution < 1.29 is 4.79 Å². The van der Waals surface area contributed by atoms with E-state index in [0.717, 1.165) is 11.3 Å². The lowest BCUT2D eigenvalue weighted by atomic mass is 10.2. The molecule has 6 nitrogen and oxygen atoms in total. The van der Waals surface area contributed by atoms with E-state index in [-0.39, 0.29) is 5.91 Å². The molecule has 1 amide bonds. The lowest BCUT2D eigenvalue weighted by molar-refractivity contribution is 0.102. The van der Waals surface area contributed by atoms with Crippen LogP contribution in [-0.4, -0.2) is 32.3 Å². The van der Waals surface area contributed by atoms with E-state index >= 15 is 0 Å². The number of pyridine rings is 2. The summed E-state index contributed by atoms with van der Waals surface area (Å²) < 4.78 is 0. The molecule has 3 aromatic heterocycles. The molecule has 0 aliphatic heterocycles. The molecule has 0 aromatic carbocycles. The van der Waals surface area contributed by atoms with Crippen LogP contribution in [0.3, 0.4) is 0 Å². The van der Waals surface area contributed by atoms with E-state index < -0.39 is 0 Å². The molecule has 0 radical (unpaired) electrons. The van der Waals surface area contributed by atoms with Gasteiger partial charge in [-0.2, -0.15) is 5.10 Å². The van der Waals surface area contributed by atoms with Crippen molar-refractivity contribution in [3.05, 3.63) is 54.5 Å². The zero-order valence-corrected chi connectivity index (χ0v) is 12.6. The van der Waals surface area contributed by atoms with Crippen molar-refractivity contribution in [3.8, 4) is 11.3 Å². The zero-order chi connectivity index (χ0) is 15.4. The van der Waals surface area contributed by atoms with Gasteiger partial charge >= 0.3 is 0 Å². The molecule has 0 atom stereocenters. The first kappa shape index (κ1) is 14.3. The van der Waals surface area contributed by atoms with Crippen molar-refractivity contribution >= 4 is 23.5 Å². The van der Waals surface area contributed by atoms with E-state index in [9.17, 15) is 4.79 Å². The Hall–Kier alpha value is -2.67. The summed E-state index contributed by atoms with van der Waals surface area (Å²) in [5.74, 6) is 0.276. The van der Waals surface area contributed by atoms with Gasteiger partial charge in [-0.05, 0) is 30.5 Å². The molecule has 0 fully saturated rings. The summed E-state index contributed by atoms with van der Waals surface area (Å²) >= 11 is 1.43. The SMILES string of the molecule is CSc1ncccc1C(=O)Nc1[nH]ncc1-c1ccccn1. The number of anilines is 1. The highest BCUT2D eigenvalue weighted by atomic mass is 32.2. The fourth-order valence-corrected chi connectivity index (χ4v) is 2.55. The Balaban J connectivity index is 1.88. The van der Waals surface area contributed by atoms with Crippen molar-refractivity contribution in [2.45, 2.75) is 5.03 Å². The average molecular weight is 311 g/mol. The van der Waals surface area contributed by atoms with Crippen molar-refractivity contribution in [1.29, 1.82) is 0 Å². The van der Waals surface area contributed by atoms with Gasteiger partial charge in [-0.25, -0.2) is 4.98 Å². The van der Waals surface area contributed by atoms with Gasteiger partial charge < -0.3 is 5.32 Å². The molecular weight excluding hydrogens is 298 g/mol. The fourth-order valence-electron chi connectivity index (χ4n) is 2.00. The highest BCUT2D eigenvalue weighted by Gasteiger charge is 2.15. The second-order valence-electron chi connectivity index (χ2n) is 4.39. The monoisotopic (exact) mass is 311 g/mol. The van der Waals surface area contributed by atoms with E-state index in [1.165, 1.54) is 11.8 Å². The summed E-state index contributed by atoms with van der Waals surface area (Å²) in [6.07, 6.45) is 6.88. The maximum absolute atomic E-state index is 12.4. The Kier molecular flexibility index (Phi) is 4.15. The number of rotatable bonds is 4. The second-order valence-corrected chi connectivity index (χ2v) is 5.18. The number of carbonyl (C=O) groups excluding carboxylic acids is 1. The smallest absolute Gasteiger partial charge is 0.259 e. The van der Waals surface area contributed by atoms with Crippen LogP contribution in [0.4, 0.5) is 5.82 Å². The maximum atomic E-state index is 12.4. The summed E-state index contributed by atoms with van der Waals surface area (Å²) in [5.41, 5.74) is 2.00. The quantitative estimate of drug-likeness (QED) is 0.724. The Morgan fingerprint density at radius 3 is 2.82 bits per heavy atom. The van der Waals surface area contributed by atoms with E-state index in [0.29, 0.717) is 16.4 Å². The molecule has 0 spiro atoms. The molecule has 3 rings (SSSR count). The molecule has 0 bridgehead atoms. The van der Waals surface area contributed by atoms with Crippen LogP contribution < -0.4 is 5.32 Å². The van der Waals surface area contributed by atoms with Crippen molar-refractivity contribution in [2.24, 2.45) is 0 Å². The summed E-state index contributed by atoms with van der Waals surface area (Å²) in [6, 6.07) is 9.06. The minimum absolute atomic E-state index is 0.237. The van der Waals surface area contributed by atoms with E-state index in [1.54, 1.807) is 30.7 Å². The van der Waals surface area contributed by atoms with Crippen LogP contribution in [0.2, 0.25) is 0 Å². The van der Waals surface area contributed by atoms with Crippen molar-refractivity contribution in [3.63, 3.8) is 0 Å². The summed E-state index contributed by atoms with van der Waals surface area (Å²) in [6.45, 7) is 0. The van der Waals surface area contributed by atoms with Crippen molar-refractivity contribution in [1.82, 2.24) is 20.2 Å². The molecule has 0 saturated carbocycles. The van der Waals surface area contributed by atoms with Gasteiger partial charge in [0.2, 0.25) is 0 Å². The third-order valence-corrected chi connectivity index (χ3v) is 3.74. The molecule has 3 aromatic rings. The number of aromatic amines is 1. The molecular formula is C15H13N5OS. The molecule has 0 aliphatic rings. The highest BCUT2D eigenvalue weighted by molar-refractivity contribution is 7.98. The summed E-state index contributed by atoms with van der Waals surface area (Å²) in [7, 11) is 0. The van der Waals surface area contributed by atoms with Crippen LogP contribution >= 0.6 is 11.8 Å². The van der Waals surface area contributed by atoms with Crippen LogP contribution in [0.25, 0.3) is 11.3 Å². The van der Waals surface area contributed by atoms with Gasteiger partial charge in [0.15, 0.2) is 0 Å². The van der Waals surface area contributed by atoms with Gasteiger partial charge in [-0.1, -0.05) is 6.07 Å². The molecule has 110 valence electrons. The number of carbonyl (C=O) groups is 1. The number of H-pyrrole nitrogens is 1.